The van der Waals surface area contributed by atoms with Crippen molar-refractivity contribution in [3.63, 3.8) is 0 Å². The lowest BCUT2D eigenvalue weighted by molar-refractivity contribution is -0.0157. The third-order valence-corrected chi connectivity index (χ3v) is 8.26. The molecule has 0 aliphatic heterocycles. The molecule has 1 aliphatic rings. The van der Waals surface area contributed by atoms with E-state index in [4.69, 9.17) is 4.52 Å². The van der Waals surface area contributed by atoms with E-state index in [0.29, 0.717) is 19.3 Å². The van der Waals surface area contributed by atoms with Crippen LogP contribution in [-0.2, 0) is 9.09 Å². The van der Waals surface area contributed by atoms with Gasteiger partial charge in [0.15, 0.2) is 8.03 Å². The highest BCUT2D eigenvalue weighted by molar-refractivity contribution is 7.40. The van der Waals surface area contributed by atoms with Crippen LogP contribution in [0.15, 0.2) is 21.9 Å². The number of nitrogens with zero attached hydrogens (tertiary/aromatic N) is 1. The van der Waals surface area contributed by atoms with E-state index in [9.17, 15) is 24.4 Å². The third kappa shape index (κ3) is 5.03. The number of H-pyrrole nitrogens is 1. The maximum atomic E-state index is 12.6. The first-order chi connectivity index (χ1) is 13.2. The summed E-state index contributed by atoms with van der Waals surface area (Å²) in [7, 11) is -2.24. The van der Waals surface area contributed by atoms with E-state index in [-0.39, 0.29) is 11.6 Å². The number of aromatic amines is 1. The minimum Gasteiger partial charge on any atom is -0.390 e. The van der Waals surface area contributed by atoms with Gasteiger partial charge in [0.2, 0.25) is 0 Å². The smallest absolute Gasteiger partial charge is 0.328 e. The van der Waals surface area contributed by atoms with Gasteiger partial charge in [0, 0.05) is 17.9 Å². The van der Waals surface area contributed by atoms with Gasteiger partial charge < -0.3 is 14.7 Å². The molecule has 6 atom stereocenters. The molecule has 28 heavy (non-hydrogen) atoms. The molecular formula is C19H33N2O6P. The van der Waals surface area contributed by atoms with Gasteiger partial charge in [0.25, 0.3) is 5.56 Å². The molecule has 9 heteroatoms. The molecule has 8 nitrogen and oxygen atoms in total. The van der Waals surface area contributed by atoms with Gasteiger partial charge >= 0.3 is 5.69 Å². The van der Waals surface area contributed by atoms with Gasteiger partial charge in [0.05, 0.1) is 17.7 Å². The van der Waals surface area contributed by atoms with Crippen LogP contribution in [0.2, 0.25) is 0 Å². The molecule has 0 amide bonds. The van der Waals surface area contributed by atoms with Crippen molar-refractivity contribution < 1.29 is 19.3 Å². The molecule has 3 N–H and O–H groups in total. The molecule has 0 aromatic carbocycles. The Morgan fingerprint density at radius 2 is 1.93 bits per heavy atom. The maximum absolute atomic E-state index is 12.6. The second-order valence-electron chi connectivity index (χ2n) is 8.00. The summed E-state index contributed by atoms with van der Waals surface area (Å²) in [6.07, 6.45) is 2.15. The third-order valence-electron chi connectivity index (χ3n) is 6.09. The molecule has 1 aromatic heterocycles. The standard InChI is InChI=1S/C19H33N2O6P/c1-5-13(6-2)28(26)27-19(4,7-3)11-12-10-14(17(24)16(12)23)21-9-8-15(22)20-18(21)25/h8-9,12-14,16-17,23-24,28H,5-7,10-11H2,1-4H3,(H,20,22,25)/t12-,14-,16-,17+,19+/m1/s1. The van der Waals surface area contributed by atoms with Crippen LogP contribution >= 0.6 is 8.03 Å². The molecule has 1 aliphatic carbocycles. The highest BCUT2D eigenvalue weighted by Crippen LogP contribution is 2.45. The first-order valence-corrected chi connectivity index (χ1v) is 11.5. The van der Waals surface area contributed by atoms with Crippen molar-refractivity contribution in [3.8, 4) is 0 Å². The number of rotatable bonds is 9. The molecule has 160 valence electrons. The highest BCUT2D eigenvalue weighted by Gasteiger charge is 2.45. The van der Waals surface area contributed by atoms with E-state index in [0.717, 1.165) is 12.8 Å². The van der Waals surface area contributed by atoms with E-state index in [1.54, 1.807) is 0 Å². The first kappa shape index (κ1) is 23.1. The average Bonchev–Trinajstić information content (AvgIpc) is 2.91. The summed E-state index contributed by atoms with van der Waals surface area (Å²) in [5, 5.41) is 21.1. The minimum atomic E-state index is -2.24. The summed E-state index contributed by atoms with van der Waals surface area (Å²) in [6.45, 7) is 7.82. The van der Waals surface area contributed by atoms with Gasteiger partial charge in [-0.05, 0) is 44.9 Å². The fourth-order valence-corrected chi connectivity index (χ4v) is 5.57. The summed E-state index contributed by atoms with van der Waals surface area (Å²) in [6, 6.07) is 0.580. The zero-order valence-corrected chi connectivity index (χ0v) is 18.1. The Labute approximate surface area is 165 Å². The van der Waals surface area contributed by atoms with E-state index < -0.39 is 43.1 Å². The summed E-state index contributed by atoms with van der Waals surface area (Å²) in [5.41, 5.74) is -1.78. The van der Waals surface area contributed by atoms with Crippen molar-refractivity contribution >= 4 is 8.03 Å². The summed E-state index contributed by atoms with van der Waals surface area (Å²) in [4.78, 5) is 25.5. The lowest BCUT2D eigenvalue weighted by Crippen LogP contribution is -2.37. The van der Waals surface area contributed by atoms with Gasteiger partial charge in [-0.1, -0.05) is 20.8 Å². The largest absolute Gasteiger partial charge is 0.390 e. The molecule has 0 radical (unpaired) electrons. The van der Waals surface area contributed by atoms with Crippen molar-refractivity contribution in [2.45, 2.75) is 89.3 Å². The number of aromatic nitrogens is 2. The van der Waals surface area contributed by atoms with Crippen LogP contribution in [0, 0.1) is 5.92 Å². The first-order valence-electron chi connectivity index (χ1n) is 10.1. The highest BCUT2D eigenvalue weighted by atomic mass is 31.1. The lowest BCUT2D eigenvalue weighted by Gasteiger charge is -2.33. The van der Waals surface area contributed by atoms with Crippen LogP contribution in [0.4, 0.5) is 0 Å². The monoisotopic (exact) mass is 416 g/mol. The fourth-order valence-electron chi connectivity index (χ4n) is 4.03. The van der Waals surface area contributed by atoms with Crippen molar-refractivity contribution in [1.29, 1.82) is 0 Å². The summed E-state index contributed by atoms with van der Waals surface area (Å²) < 4.78 is 19.9. The van der Waals surface area contributed by atoms with Crippen LogP contribution in [0.25, 0.3) is 0 Å². The lowest BCUT2D eigenvalue weighted by atomic mass is 9.87. The number of hydrogen-bond acceptors (Lipinski definition) is 6. The van der Waals surface area contributed by atoms with Gasteiger partial charge in [-0.3, -0.25) is 18.9 Å². The van der Waals surface area contributed by atoms with Crippen LogP contribution in [0.5, 0.6) is 0 Å². The quantitative estimate of drug-likeness (QED) is 0.530. The van der Waals surface area contributed by atoms with Crippen molar-refractivity contribution in [1.82, 2.24) is 9.55 Å². The second kappa shape index (κ2) is 9.53. The number of nitrogens with one attached hydrogen (secondary N) is 1. The Morgan fingerprint density at radius 1 is 1.29 bits per heavy atom. The molecule has 1 saturated carbocycles. The molecule has 1 fully saturated rings. The molecule has 2 rings (SSSR count). The van der Waals surface area contributed by atoms with Crippen LogP contribution in [-0.4, -0.2) is 43.2 Å². The Bertz CT molecular complexity index is 789. The maximum Gasteiger partial charge on any atom is 0.328 e. The second-order valence-corrected chi connectivity index (χ2v) is 9.66. The van der Waals surface area contributed by atoms with Crippen molar-refractivity contribution in [2.24, 2.45) is 5.92 Å². The van der Waals surface area contributed by atoms with Crippen molar-refractivity contribution in [3.05, 3.63) is 33.1 Å². The molecule has 0 saturated heterocycles. The Hall–Kier alpha value is -1.21. The van der Waals surface area contributed by atoms with Gasteiger partial charge in [-0.2, -0.15) is 0 Å². The minimum absolute atomic E-state index is 0.0300. The Balaban J connectivity index is 2.17. The predicted octanol–water partition coefficient (Wildman–Crippen LogP) is 2.06. The van der Waals surface area contributed by atoms with Crippen LogP contribution in [0.1, 0.15) is 65.8 Å². The zero-order valence-electron chi connectivity index (χ0n) is 17.1. The van der Waals surface area contributed by atoms with E-state index in [1.807, 2.05) is 27.7 Å². The van der Waals surface area contributed by atoms with E-state index in [2.05, 4.69) is 4.98 Å². The number of aliphatic hydroxyl groups excluding tert-OH is 2. The topological polar surface area (TPSA) is 122 Å². The molecule has 0 spiro atoms. The fraction of sp³-hybridized carbons (Fsp3) is 0.789. The molecule has 1 unspecified atom stereocenters. The average molecular weight is 416 g/mol. The van der Waals surface area contributed by atoms with Crippen molar-refractivity contribution in [2.75, 3.05) is 0 Å². The number of aliphatic hydroxyl groups is 2. The van der Waals surface area contributed by atoms with Crippen LogP contribution < -0.4 is 11.2 Å². The zero-order chi connectivity index (χ0) is 21.1. The number of hydrogen-bond donors (Lipinski definition) is 3. The Kier molecular flexibility index (Phi) is 7.85. The predicted molar refractivity (Wildman–Crippen MR) is 108 cm³/mol. The molecule has 1 heterocycles. The molecule has 1 aromatic rings. The molecular weight excluding hydrogens is 383 g/mol. The SMILES string of the molecule is CCC(CC)[PH](=O)O[C@@](C)(CC)C[C@H]1C[C@@H](n2ccc(=O)[nH]c2=O)[C@H](O)[C@@H]1O. The van der Waals surface area contributed by atoms with Gasteiger partial charge in [-0.25, -0.2) is 4.79 Å². The van der Waals surface area contributed by atoms with Gasteiger partial charge in [0.1, 0.15) is 6.10 Å². The summed E-state index contributed by atoms with van der Waals surface area (Å²) in [5.74, 6) is -0.319. The normalized spacial score (nSPS) is 28.4. The van der Waals surface area contributed by atoms with Crippen LogP contribution in [0.3, 0.4) is 0 Å². The van der Waals surface area contributed by atoms with E-state index >= 15 is 0 Å². The van der Waals surface area contributed by atoms with E-state index in [1.165, 1.54) is 16.8 Å². The van der Waals surface area contributed by atoms with Gasteiger partial charge in [-0.15, -0.1) is 0 Å². The Morgan fingerprint density at radius 3 is 2.46 bits per heavy atom. The summed E-state index contributed by atoms with van der Waals surface area (Å²) >= 11 is 0. The molecule has 0 bridgehead atoms.